The van der Waals surface area contributed by atoms with Gasteiger partial charge in [-0.1, -0.05) is 48.1 Å². The van der Waals surface area contributed by atoms with Gasteiger partial charge in [0.25, 0.3) is 5.56 Å². The van der Waals surface area contributed by atoms with E-state index in [0.717, 1.165) is 31.6 Å². The summed E-state index contributed by atoms with van der Waals surface area (Å²) in [6.07, 6.45) is 3.89. The average molecular weight is 442 g/mol. The van der Waals surface area contributed by atoms with E-state index in [1.54, 1.807) is 22.8 Å². The highest BCUT2D eigenvalue weighted by Crippen LogP contribution is 2.53. The number of halogens is 3. The standard InChI is InChI=1S/C21H23Cl3N2O2/c1-2-3-7-25-8-6-18(20(24)21(25)27)26-10-14-15(11-26)16(14)12-28-19-9-13(22)4-5-17(19)23/h4-6,8-9,14-16H,2-3,7,10-12H2,1H3/t14-,15+,16-. The molecule has 4 nitrogen and oxygen atoms in total. The molecule has 7 heteroatoms. The Hall–Kier alpha value is -1.36. The lowest BCUT2D eigenvalue weighted by Gasteiger charge is -2.23. The van der Waals surface area contributed by atoms with E-state index in [0.29, 0.717) is 51.7 Å². The smallest absolute Gasteiger partial charge is 0.271 e. The summed E-state index contributed by atoms with van der Waals surface area (Å²) < 4.78 is 7.61. The van der Waals surface area contributed by atoms with Crippen molar-refractivity contribution in [3.63, 3.8) is 0 Å². The van der Waals surface area contributed by atoms with Crippen molar-refractivity contribution in [2.24, 2.45) is 17.8 Å². The molecule has 0 amide bonds. The van der Waals surface area contributed by atoms with Crippen LogP contribution in [0.2, 0.25) is 15.1 Å². The lowest BCUT2D eigenvalue weighted by Crippen LogP contribution is -2.29. The molecule has 3 atom stereocenters. The lowest BCUT2D eigenvalue weighted by molar-refractivity contribution is 0.283. The Labute approximate surface area is 180 Å². The van der Waals surface area contributed by atoms with E-state index < -0.39 is 0 Å². The van der Waals surface area contributed by atoms with Crippen LogP contribution in [0.15, 0.2) is 35.3 Å². The molecule has 2 aromatic rings. The van der Waals surface area contributed by atoms with Gasteiger partial charge in [-0.2, -0.15) is 0 Å². The van der Waals surface area contributed by atoms with Crippen molar-refractivity contribution >= 4 is 40.5 Å². The van der Waals surface area contributed by atoms with Crippen molar-refractivity contribution in [2.45, 2.75) is 26.3 Å². The van der Waals surface area contributed by atoms with Crippen LogP contribution in [0, 0.1) is 17.8 Å². The number of aryl methyl sites for hydroxylation is 1. The van der Waals surface area contributed by atoms with E-state index >= 15 is 0 Å². The molecule has 1 aromatic heterocycles. The number of unbranched alkanes of at least 4 members (excludes halogenated alkanes) is 1. The van der Waals surface area contributed by atoms with Gasteiger partial charge in [-0.25, -0.2) is 0 Å². The Morgan fingerprint density at radius 2 is 1.89 bits per heavy atom. The Bertz CT molecular complexity index is 918. The van der Waals surface area contributed by atoms with Crippen LogP contribution in [0.1, 0.15) is 19.8 Å². The number of nitrogens with zero attached hydrogens (tertiary/aromatic N) is 2. The number of anilines is 1. The van der Waals surface area contributed by atoms with Gasteiger partial charge in [-0.15, -0.1) is 0 Å². The molecule has 0 N–H and O–H groups in total. The number of benzene rings is 1. The molecule has 2 fully saturated rings. The molecule has 150 valence electrons. The molecule has 4 rings (SSSR count). The first kappa shape index (κ1) is 19.9. The first-order chi connectivity index (χ1) is 13.5. The van der Waals surface area contributed by atoms with E-state index in [2.05, 4.69) is 11.8 Å². The highest BCUT2D eigenvalue weighted by molar-refractivity contribution is 6.34. The molecule has 0 spiro atoms. The van der Waals surface area contributed by atoms with Gasteiger partial charge >= 0.3 is 0 Å². The highest BCUT2D eigenvalue weighted by Gasteiger charge is 2.56. The van der Waals surface area contributed by atoms with Crippen LogP contribution in [0.5, 0.6) is 5.75 Å². The number of piperidine rings is 1. The number of hydrogen-bond donors (Lipinski definition) is 0. The molecule has 1 aromatic carbocycles. The minimum atomic E-state index is -0.0938. The van der Waals surface area contributed by atoms with Crippen LogP contribution in [0.4, 0.5) is 5.69 Å². The van der Waals surface area contributed by atoms with Crippen LogP contribution in [-0.2, 0) is 6.54 Å². The number of ether oxygens (including phenoxy) is 1. The zero-order valence-corrected chi connectivity index (χ0v) is 18.0. The third-order valence-electron chi connectivity index (χ3n) is 5.88. The minimum absolute atomic E-state index is 0.0938. The molecule has 0 unspecified atom stereocenters. The summed E-state index contributed by atoms with van der Waals surface area (Å²) >= 11 is 18.6. The predicted octanol–water partition coefficient (Wildman–Crippen LogP) is 5.37. The fourth-order valence-electron chi connectivity index (χ4n) is 4.15. The van der Waals surface area contributed by atoms with Gasteiger partial charge in [0, 0.05) is 42.8 Å². The molecule has 0 radical (unpaired) electrons. The summed E-state index contributed by atoms with van der Waals surface area (Å²) in [5.74, 6) is 2.28. The van der Waals surface area contributed by atoms with Crippen LogP contribution >= 0.6 is 34.8 Å². The van der Waals surface area contributed by atoms with Crippen molar-refractivity contribution in [1.82, 2.24) is 4.57 Å². The zero-order chi connectivity index (χ0) is 19.8. The summed E-state index contributed by atoms with van der Waals surface area (Å²) in [6, 6.07) is 7.22. The van der Waals surface area contributed by atoms with Gasteiger partial charge in [0.2, 0.25) is 0 Å². The van der Waals surface area contributed by atoms with Crippen molar-refractivity contribution in [3.05, 3.63) is 55.9 Å². The van der Waals surface area contributed by atoms with Crippen LogP contribution in [0.25, 0.3) is 0 Å². The molecule has 1 aliphatic carbocycles. The van der Waals surface area contributed by atoms with Gasteiger partial charge in [0.15, 0.2) is 0 Å². The zero-order valence-electron chi connectivity index (χ0n) is 15.7. The second-order valence-corrected chi connectivity index (χ2v) is 8.87. The number of fused-ring (bicyclic) bond motifs is 1. The third-order valence-corrected chi connectivity index (χ3v) is 6.78. The van der Waals surface area contributed by atoms with Crippen LogP contribution < -0.4 is 15.2 Å². The fourth-order valence-corrected chi connectivity index (χ4v) is 4.78. The van der Waals surface area contributed by atoms with Crippen molar-refractivity contribution < 1.29 is 4.74 Å². The molecule has 1 saturated carbocycles. The van der Waals surface area contributed by atoms with Crippen LogP contribution in [0.3, 0.4) is 0 Å². The van der Waals surface area contributed by atoms with Gasteiger partial charge in [-0.05, 0) is 36.5 Å². The largest absolute Gasteiger partial charge is 0.492 e. The molecular weight excluding hydrogens is 419 g/mol. The second-order valence-electron chi connectivity index (χ2n) is 7.65. The molecule has 1 aliphatic heterocycles. The van der Waals surface area contributed by atoms with Crippen LogP contribution in [-0.4, -0.2) is 24.3 Å². The first-order valence-electron chi connectivity index (χ1n) is 9.71. The SMILES string of the molecule is CCCCn1ccc(N2C[C@@H]3[C@H](COc4cc(Cl)ccc4Cl)[C@@H]3C2)c(Cl)c1=O. The summed E-state index contributed by atoms with van der Waals surface area (Å²) in [5, 5.41) is 1.52. The Morgan fingerprint density at radius 1 is 1.14 bits per heavy atom. The summed E-state index contributed by atoms with van der Waals surface area (Å²) in [5.41, 5.74) is 0.757. The van der Waals surface area contributed by atoms with E-state index in [9.17, 15) is 4.79 Å². The molecule has 2 aliphatic rings. The maximum absolute atomic E-state index is 12.5. The molecule has 0 bridgehead atoms. The number of hydrogen-bond acceptors (Lipinski definition) is 3. The van der Waals surface area contributed by atoms with Crippen molar-refractivity contribution in [2.75, 3.05) is 24.6 Å². The topological polar surface area (TPSA) is 34.5 Å². The summed E-state index contributed by atoms with van der Waals surface area (Å²) in [6.45, 7) is 5.26. The molecule has 2 heterocycles. The summed E-state index contributed by atoms with van der Waals surface area (Å²) in [4.78, 5) is 14.7. The predicted molar refractivity (Wildman–Crippen MR) is 115 cm³/mol. The van der Waals surface area contributed by atoms with E-state index in [4.69, 9.17) is 39.5 Å². The van der Waals surface area contributed by atoms with Gasteiger partial charge < -0.3 is 14.2 Å². The maximum atomic E-state index is 12.5. The number of rotatable bonds is 7. The van der Waals surface area contributed by atoms with Gasteiger partial charge in [0.1, 0.15) is 10.8 Å². The third kappa shape index (κ3) is 3.87. The Kier molecular flexibility index (Phi) is 5.82. The quantitative estimate of drug-likeness (QED) is 0.579. The van der Waals surface area contributed by atoms with Gasteiger partial charge in [-0.3, -0.25) is 4.79 Å². The van der Waals surface area contributed by atoms with E-state index in [1.807, 2.05) is 12.3 Å². The first-order valence-corrected chi connectivity index (χ1v) is 10.8. The minimum Gasteiger partial charge on any atom is -0.492 e. The van der Waals surface area contributed by atoms with Crippen molar-refractivity contribution in [3.8, 4) is 5.75 Å². The maximum Gasteiger partial charge on any atom is 0.271 e. The van der Waals surface area contributed by atoms with Crippen molar-refractivity contribution in [1.29, 1.82) is 0 Å². The normalized spacial score (nSPS) is 23.0. The second kappa shape index (κ2) is 8.17. The number of aromatic nitrogens is 1. The Balaban J connectivity index is 1.35. The molecular formula is C21H23Cl3N2O2. The van der Waals surface area contributed by atoms with E-state index in [1.165, 1.54) is 0 Å². The lowest BCUT2D eigenvalue weighted by atomic mass is 10.2. The Morgan fingerprint density at radius 3 is 2.61 bits per heavy atom. The highest BCUT2D eigenvalue weighted by atomic mass is 35.5. The molecule has 28 heavy (non-hydrogen) atoms. The fraction of sp³-hybridized carbons (Fsp3) is 0.476. The van der Waals surface area contributed by atoms with E-state index in [-0.39, 0.29) is 5.56 Å². The monoisotopic (exact) mass is 440 g/mol. The molecule has 1 saturated heterocycles. The average Bonchev–Trinajstić information content (AvgIpc) is 3.13. The number of pyridine rings is 1. The van der Waals surface area contributed by atoms with Gasteiger partial charge in [0.05, 0.1) is 17.3 Å². The summed E-state index contributed by atoms with van der Waals surface area (Å²) in [7, 11) is 0.